The number of anilines is 1. The summed E-state index contributed by atoms with van der Waals surface area (Å²) in [5, 5.41) is 3.40. The topological polar surface area (TPSA) is 58.6 Å². The lowest BCUT2D eigenvalue weighted by Gasteiger charge is -2.33. The number of hydrogen-bond acceptors (Lipinski definition) is 5. The molecule has 1 fully saturated rings. The molecular formula is C16H21ClN2O3S. The van der Waals surface area contributed by atoms with Crippen LogP contribution in [0.1, 0.15) is 13.3 Å². The molecule has 1 aromatic carbocycles. The van der Waals surface area contributed by atoms with Gasteiger partial charge in [0.15, 0.2) is 0 Å². The second kappa shape index (κ2) is 9.15. The average Bonchev–Trinajstić information content (AvgIpc) is 2.53. The Morgan fingerprint density at radius 3 is 3.04 bits per heavy atom. The summed E-state index contributed by atoms with van der Waals surface area (Å²) in [6, 6.07) is 6.79. The molecule has 0 bridgehead atoms. The Kier molecular flexibility index (Phi) is 7.20. The fourth-order valence-electron chi connectivity index (χ4n) is 2.40. The molecule has 1 unspecified atom stereocenters. The van der Waals surface area contributed by atoms with Crippen molar-refractivity contribution in [3.63, 3.8) is 0 Å². The minimum atomic E-state index is -0.257. The first-order valence-corrected chi connectivity index (χ1v) is 9.17. The molecule has 0 saturated carbocycles. The lowest BCUT2D eigenvalue weighted by Crippen LogP contribution is -2.48. The third-order valence-corrected chi connectivity index (χ3v) is 4.79. The van der Waals surface area contributed by atoms with Crippen LogP contribution >= 0.6 is 23.4 Å². The van der Waals surface area contributed by atoms with Gasteiger partial charge < -0.3 is 10.1 Å². The van der Waals surface area contributed by atoms with Gasteiger partial charge in [-0.2, -0.15) is 11.8 Å². The Bertz CT molecular complexity index is 556. The fraction of sp³-hybridized carbons (Fsp3) is 0.500. The van der Waals surface area contributed by atoms with Crippen LogP contribution in [-0.2, 0) is 14.3 Å². The normalized spacial score (nSPS) is 18.4. The van der Waals surface area contributed by atoms with E-state index in [1.54, 1.807) is 43.0 Å². The van der Waals surface area contributed by atoms with Gasteiger partial charge in [-0.05, 0) is 25.1 Å². The van der Waals surface area contributed by atoms with E-state index in [0.717, 1.165) is 18.1 Å². The summed E-state index contributed by atoms with van der Waals surface area (Å²) in [4.78, 5) is 26.1. The van der Waals surface area contributed by atoms with E-state index in [1.807, 2.05) is 4.90 Å². The van der Waals surface area contributed by atoms with E-state index in [1.165, 1.54) is 0 Å². The molecule has 126 valence electrons. The van der Waals surface area contributed by atoms with Gasteiger partial charge in [-0.1, -0.05) is 17.7 Å². The smallest absolute Gasteiger partial charge is 0.324 e. The first-order valence-electron chi connectivity index (χ1n) is 7.64. The standard InChI is InChI=1S/C16H21ClN2O3S/c1-2-22-16(21)14-11-23-9-8-19(14)7-6-15(20)18-13-5-3-4-12(17)10-13/h3-5,10,14H,2,6-9,11H2,1H3,(H,18,20). The lowest BCUT2D eigenvalue weighted by atomic mass is 10.2. The van der Waals surface area contributed by atoms with Crippen LogP contribution in [0.3, 0.4) is 0 Å². The predicted molar refractivity (Wildman–Crippen MR) is 94.0 cm³/mol. The molecule has 2 rings (SSSR count). The van der Waals surface area contributed by atoms with E-state index in [0.29, 0.717) is 30.3 Å². The number of rotatable bonds is 6. The molecule has 1 heterocycles. The molecule has 0 aliphatic carbocycles. The molecule has 1 aromatic rings. The van der Waals surface area contributed by atoms with Crippen LogP contribution in [0.4, 0.5) is 5.69 Å². The number of esters is 1. The number of nitrogens with zero attached hydrogens (tertiary/aromatic N) is 1. The maximum atomic E-state index is 12.1. The summed E-state index contributed by atoms with van der Waals surface area (Å²) in [5.41, 5.74) is 0.679. The van der Waals surface area contributed by atoms with Crippen molar-refractivity contribution in [2.24, 2.45) is 0 Å². The molecule has 0 aromatic heterocycles. The monoisotopic (exact) mass is 356 g/mol. The fourth-order valence-corrected chi connectivity index (χ4v) is 3.69. The van der Waals surface area contributed by atoms with E-state index in [-0.39, 0.29) is 17.9 Å². The Hall–Kier alpha value is -1.24. The summed E-state index contributed by atoms with van der Waals surface area (Å²) in [5.74, 6) is 1.39. The number of thioether (sulfide) groups is 1. The van der Waals surface area contributed by atoms with Gasteiger partial charge in [-0.3, -0.25) is 14.5 Å². The third kappa shape index (κ3) is 5.71. The van der Waals surface area contributed by atoms with Gasteiger partial charge in [-0.25, -0.2) is 0 Å². The van der Waals surface area contributed by atoms with Gasteiger partial charge in [0, 0.05) is 41.7 Å². The number of carbonyl (C=O) groups is 2. The van der Waals surface area contributed by atoms with Crippen molar-refractivity contribution in [1.82, 2.24) is 4.90 Å². The lowest BCUT2D eigenvalue weighted by molar-refractivity contribution is -0.149. The molecule has 0 spiro atoms. The molecule has 1 aliphatic rings. The summed E-state index contributed by atoms with van der Waals surface area (Å²) in [7, 11) is 0. The predicted octanol–water partition coefficient (Wildman–Crippen LogP) is 2.65. The van der Waals surface area contributed by atoms with Crippen LogP contribution in [0, 0.1) is 0 Å². The zero-order valence-electron chi connectivity index (χ0n) is 13.1. The number of nitrogens with one attached hydrogen (secondary N) is 1. The van der Waals surface area contributed by atoms with Gasteiger partial charge in [0.2, 0.25) is 5.91 Å². The van der Waals surface area contributed by atoms with Crippen molar-refractivity contribution in [2.45, 2.75) is 19.4 Å². The minimum Gasteiger partial charge on any atom is -0.465 e. The van der Waals surface area contributed by atoms with Crippen molar-refractivity contribution in [2.75, 3.05) is 36.5 Å². The zero-order chi connectivity index (χ0) is 16.7. The highest BCUT2D eigenvalue weighted by Crippen LogP contribution is 2.19. The number of ether oxygens (including phenoxy) is 1. The highest BCUT2D eigenvalue weighted by molar-refractivity contribution is 7.99. The van der Waals surface area contributed by atoms with Crippen molar-refractivity contribution in [1.29, 1.82) is 0 Å². The third-order valence-electron chi connectivity index (χ3n) is 3.53. The van der Waals surface area contributed by atoms with E-state index in [4.69, 9.17) is 16.3 Å². The molecule has 1 amide bonds. The summed E-state index contributed by atoms with van der Waals surface area (Å²) in [6.07, 6.45) is 0.326. The largest absolute Gasteiger partial charge is 0.465 e. The second-order valence-electron chi connectivity index (χ2n) is 5.19. The Morgan fingerprint density at radius 1 is 1.48 bits per heavy atom. The maximum absolute atomic E-state index is 12.1. The van der Waals surface area contributed by atoms with Gasteiger partial charge >= 0.3 is 5.97 Å². The number of hydrogen-bond donors (Lipinski definition) is 1. The van der Waals surface area contributed by atoms with E-state index in [2.05, 4.69) is 5.32 Å². The molecular weight excluding hydrogens is 336 g/mol. The SMILES string of the molecule is CCOC(=O)C1CSCCN1CCC(=O)Nc1cccc(Cl)c1. The second-order valence-corrected chi connectivity index (χ2v) is 6.77. The Morgan fingerprint density at radius 2 is 2.30 bits per heavy atom. The molecule has 1 aliphatic heterocycles. The first kappa shape index (κ1) is 18.1. The van der Waals surface area contributed by atoms with Crippen LogP contribution in [0.2, 0.25) is 5.02 Å². The van der Waals surface area contributed by atoms with Crippen LogP contribution < -0.4 is 5.32 Å². The van der Waals surface area contributed by atoms with Crippen LogP contribution in [0.15, 0.2) is 24.3 Å². The van der Waals surface area contributed by atoms with Gasteiger partial charge in [0.25, 0.3) is 0 Å². The number of benzene rings is 1. The molecule has 1 N–H and O–H groups in total. The van der Waals surface area contributed by atoms with Gasteiger partial charge in [0.1, 0.15) is 6.04 Å². The van der Waals surface area contributed by atoms with Crippen molar-refractivity contribution < 1.29 is 14.3 Å². The number of carbonyl (C=O) groups excluding carboxylic acids is 2. The van der Waals surface area contributed by atoms with Crippen LogP contribution in [0.5, 0.6) is 0 Å². The quantitative estimate of drug-likeness (QED) is 0.794. The Labute approximate surface area is 145 Å². The molecule has 23 heavy (non-hydrogen) atoms. The summed E-state index contributed by atoms with van der Waals surface area (Å²) in [6.45, 7) is 3.51. The number of halogens is 1. The van der Waals surface area contributed by atoms with E-state index in [9.17, 15) is 9.59 Å². The van der Waals surface area contributed by atoms with Crippen molar-refractivity contribution in [3.8, 4) is 0 Å². The Balaban J connectivity index is 1.85. The molecule has 7 heteroatoms. The van der Waals surface area contributed by atoms with E-state index >= 15 is 0 Å². The zero-order valence-corrected chi connectivity index (χ0v) is 14.7. The average molecular weight is 357 g/mol. The maximum Gasteiger partial charge on any atom is 0.324 e. The first-order chi connectivity index (χ1) is 11.1. The minimum absolute atomic E-state index is 0.0897. The van der Waals surface area contributed by atoms with Crippen molar-refractivity contribution >= 4 is 40.9 Å². The van der Waals surface area contributed by atoms with Gasteiger partial charge in [-0.15, -0.1) is 0 Å². The van der Waals surface area contributed by atoms with Crippen molar-refractivity contribution in [3.05, 3.63) is 29.3 Å². The molecule has 1 atom stereocenters. The van der Waals surface area contributed by atoms with Gasteiger partial charge in [0.05, 0.1) is 6.61 Å². The molecule has 0 radical (unpaired) electrons. The van der Waals surface area contributed by atoms with E-state index < -0.39 is 0 Å². The summed E-state index contributed by atoms with van der Waals surface area (Å²) < 4.78 is 5.12. The van der Waals surface area contributed by atoms with Crippen LogP contribution in [0.25, 0.3) is 0 Å². The van der Waals surface area contributed by atoms with Crippen LogP contribution in [-0.4, -0.2) is 54.0 Å². The molecule has 1 saturated heterocycles. The molecule has 5 nitrogen and oxygen atoms in total. The highest BCUT2D eigenvalue weighted by Gasteiger charge is 2.30. The highest BCUT2D eigenvalue weighted by atomic mass is 35.5. The number of amides is 1. The summed E-state index contributed by atoms with van der Waals surface area (Å²) >= 11 is 7.64.